The Morgan fingerprint density at radius 3 is 0.947 bits per heavy atom. The van der Waals surface area contributed by atoms with Gasteiger partial charge in [-0.15, -0.1) is 11.3 Å². The van der Waals surface area contributed by atoms with E-state index in [1.807, 2.05) is 0 Å². The summed E-state index contributed by atoms with van der Waals surface area (Å²) in [6.45, 7) is 4.42. The van der Waals surface area contributed by atoms with Crippen LogP contribution in [0.15, 0.2) is 267 Å². The highest BCUT2D eigenvalue weighted by molar-refractivity contribution is 7.21. The number of hydrogen-bond donors (Lipinski definition) is 0. The molecule has 2 aromatic heterocycles. The van der Waals surface area contributed by atoms with Crippen LogP contribution in [-0.4, -0.2) is 38.4 Å². The molecule has 6 nitrogen and oxygen atoms in total. The molecule has 0 atom stereocenters. The van der Waals surface area contributed by atoms with E-state index >= 15 is 0 Å². The number of nitrogens with zero attached hydrogens (tertiary/aromatic N) is 2. The van der Waals surface area contributed by atoms with Crippen LogP contribution in [0, 0.1) is 0 Å². The summed E-state index contributed by atoms with van der Waals surface area (Å²) in [4.78, 5) is 14.4. The first-order valence-electron chi connectivity index (χ1n) is 32.7. The van der Waals surface area contributed by atoms with E-state index in [0.29, 0.717) is 0 Å². The Labute approximate surface area is 557 Å². The van der Waals surface area contributed by atoms with Gasteiger partial charge in [-0.1, -0.05) is 220 Å². The molecule has 13 aromatic carbocycles. The molecule has 0 fully saturated rings. The van der Waals surface area contributed by atoms with E-state index in [4.69, 9.17) is 28.9 Å². The highest BCUT2D eigenvalue weighted by Gasteiger charge is 2.49. The minimum Gasteiger partial charge on any atom is -0.497 e. The van der Waals surface area contributed by atoms with Crippen molar-refractivity contribution in [2.24, 2.45) is 0 Å². The molecule has 2 aliphatic carbocycles. The summed E-state index contributed by atoms with van der Waals surface area (Å²) in [5.74, 6) is 3.19. The second-order valence-electron chi connectivity index (χ2n) is 25.0. The Balaban J connectivity index is 0.996. The summed E-state index contributed by atoms with van der Waals surface area (Å²) < 4.78 is 23.3. The molecule has 0 radical (unpaired) electrons. The molecule has 17 rings (SSSR count). The van der Waals surface area contributed by atoms with Crippen LogP contribution in [-0.2, 0) is 23.7 Å². The predicted molar refractivity (Wildman–Crippen MR) is 391 cm³/mol. The molecule has 0 saturated heterocycles. The lowest BCUT2D eigenvalue weighted by atomic mass is 9.67. The summed E-state index contributed by atoms with van der Waals surface area (Å²) in [6, 6.07) is 98.3. The molecule has 0 bridgehead atoms. The molecule has 0 spiro atoms. The van der Waals surface area contributed by atoms with E-state index in [-0.39, 0.29) is 0 Å². The van der Waals surface area contributed by atoms with Crippen LogP contribution in [0.5, 0.6) is 23.0 Å². The SMILES string of the molecule is CCc1ccc(-c2ccc3c(c2)c2cc(-c4ccc(CC)cc4)ccc2c2nc4c(-c5cccc6c5-c5ccccc5C6(c5ccc(OC)cc5)c5ccc(OC)cc5)sc(-c5cccc6c5-c5ccccc5C6(c5ccc(OC)cc5)c5ccc(OC)cc5)c4nc32)cc1. The second-order valence-corrected chi connectivity index (χ2v) is 26.0. The lowest BCUT2D eigenvalue weighted by molar-refractivity contribution is 0.414. The molecule has 7 heteroatoms. The predicted octanol–water partition coefficient (Wildman–Crippen LogP) is 21.7. The van der Waals surface area contributed by atoms with Gasteiger partial charge in [0.05, 0.1) is 60.1 Å². The van der Waals surface area contributed by atoms with Gasteiger partial charge in [0.2, 0.25) is 0 Å². The van der Waals surface area contributed by atoms with Gasteiger partial charge < -0.3 is 18.9 Å². The van der Waals surface area contributed by atoms with Crippen LogP contribution in [0.1, 0.15) is 69.5 Å². The van der Waals surface area contributed by atoms with Crippen LogP contribution in [0.2, 0.25) is 0 Å². The van der Waals surface area contributed by atoms with E-state index < -0.39 is 10.8 Å². The summed E-state index contributed by atoms with van der Waals surface area (Å²) in [7, 11) is 6.91. The Kier molecular flexibility index (Phi) is 13.9. The average molecular weight is 1250 g/mol. The zero-order valence-electron chi connectivity index (χ0n) is 53.8. The molecule has 2 heterocycles. The normalized spacial score (nSPS) is 13.2. The zero-order valence-corrected chi connectivity index (χ0v) is 54.6. The summed E-state index contributed by atoms with van der Waals surface area (Å²) >= 11 is 1.80. The number of hydrogen-bond acceptors (Lipinski definition) is 7. The van der Waals surface area contributed by atoms with Gasteiger partial charge in [-0.3, -0.25) is 0 Å². The highest BCUT2D eigenvalue weighted by atomic mass is 32.1. The maximum atomic E-state index is 6.17. The topological polar surface area (TPSA) is 62.7 Å². The van der Waals surface area contributed by atoms with Crippen LogP contribution >= 0.6 is 11.3 Å². The lowest BCUT2D eigenvalue weighted by Crippen LogP contribution is -2.28. The standard InChI is InChI=1S/C88H66N2O4S/c1-7-53-23-27-55(28-24-53)57-31-49-67-73(51-57)74-52-58(56-29-25-54(8-2)26-30-56)32-50-68(74)82-81(67)89-83-84(90-82)86(72-18-14-22-78-80(72)70-16-10-12-20-76(70)88(78,61-37-45-65(93-5)46-38-61)62-39-47-66(94-6)48-40-62)95-85(83)71-17-13-21-77-79(71)69-15-9-11-19-75(69)87(77,59-33-41-63(91-3)42-34-59)60-35-43-64(92-4)44-36-60/h9-52H,7-8H2,1-6H3. The fourth-order valence-corrected chi connectivity index (χ4v) is 17.1. The molecule has 0 N–H and O–H groups in total. The van der Waals surface area contributed by atoms with Gasteiger partial charge in [0.1, 0.15) is 34.0 Å². The van der Waals surface area contributed by atoms with Crippen molar-refractivity contribution in [2.75, 3.05) is 28.4 Å². The quantitative estimate of drug-likeness (QED) is 0.101. The average Bonchev–Trinajstić information content (AvgIpc) is 1.54. The molecule has 458 valence electrons. The van der Waals surface area contributed by atoms with Crippen molar-refractivity contribution < 1.29 is 18.9 Å². The van der Waals surface area contributed by atoms with E-state index in [1.54, 1.807) is 39.8 Å². The van der Waals surface area contributed by atoms with Crippen molar-refractivity contribution in [3.63, 3.8) is 0 Å². The number of fused-ring (bicyclic) bond motifs is 13. The maximum absolute atomic E-state index is 6.17. The van der Waals surface area contributed by atoms with Crippen LogP contribution < -0.4 is 18.9 Å². The number of aryl methyl sites for hydroxylation is 2. The first kappa shape index (κ1) is 57.8. The first-order valence-corrected chi connectivity index (χ1v) is 33.5. The Bertz CT molecular complexity index is 5080. The van der Waals surface area contributed by atoms with Gasteiger partial charge in [-0.2, -0.15) is 0 Å². The Morgan fingerprint density at radius 2 is 0.611 bits per heavy atom. The van der Waals surface area contributed by atoms with Gasteiger partial charge in [0, 0.05) is 21.9 Å². The summed E-state index contributed by atoms with van der Waals surface area (Å²) in [5.41, 5.74) is 25.3. The van der Waals surface area contributed by atoms with Crippen LogP contribution in [0.4, 0.5) is 0 Å². The molecule has 0 saturated carbocycles. The smallest absolute Gasteiger partial charge is 0.118 e. The molecular weight excluding hydrogens is 1180 g/mol. The number of thiophene rings is 1. The monoisotopic (exact) mass is 1250 g/mol. The number of benzene rings is 13. The number of methoxy groups -OCH3 is 4. The Hall–Kier alpha value is -11.1. The third-order valence-electron chi connectivity index (χ3n) is 20.5. The number of ether oxygens (including phenoxy) is 4. The fourth-order valence-electron chi connectivity index (χ4n) is 15.8. The summed E-state index contributed by atoms with van der Waals surface area (Å²) in [6.07, 6.45) is 1.96. The van der Waals surface area contributed by atoms with Crippen LogP contribution in [0.25, 0.3) is 109 Å². The second kappa shape index (κ2) is 22.9. The van der Waals surface area contributed by atoms with E-state index in [2.05, 4.69) is 281 Å². The lowest BCUT2D eigenvalue weighted by Gasteiger charge is -2.34. The van der Waals surface area contributed by atoms with Crippen molar-refractivity contribution in [3.8, 4) is 88.4 Å². The number of aromatic nitrogens is 2. The third kappa shape index (κ3) is 8.75. The molecular formula is C88H66N2O4S. The molecule has 15 aromatic rings. The van der Waals surface area contributed by atoms with E-state index in [0.717, 1.165) is 156 Å². The molecule has 0 aliphatic heterocycles. The summed E-state index contributed by atoms with van der Waals surface area (Å²) in [5, 5.41) is 4.36. The number of rotatable bonds is 14. The van der Waals surface area contributed by atoms with Crippen molar-refractivity contribution in [1.29, 1.82) is 0 Å². The van der Waals surface area contributed by atoms with Gasteiger partial charge in [0.15, 0.2) is 0 Å². The van der Waals surface area contributed by atoms with Gasteiger partial charge in [0.25, 0.3) is 0 Å². The maximum Gasteiger partial charge on any atom is 0.118 e. The molecule has 0 amide bonds. The van der Waals surface area contributed by atoms with Gasteiger partial charge in [-0.05, 0) is 184 Å². The minimum absolute atomic E-state index is 0.731. The molecule has 2 aliphatic rings. The van der Waals surface area contributed by atoms with E-state index in [1.165, 1.54) is 44.5 Å². The van der Waals surface area contributed by atoms with Crippen molar-refractivity contribution in [2.45, 2.75) is 37.5 Å². The van der Waals surface area contributed by atoms with Crippen LogP contribution in [0.3, 0.4) is 0 Å². The van der Waals surface area contributed by atoms with Gasteiger partial charge in [-0.25, -0.2) is 9.97 Å². The van der Waals surface area contributed by atoms with Gasteiger partial charge >= 0.3 is 0 Å². The molecule has 0 unspecified atom stereocenters. The minimum atomic E-state index is -0.731. The van der Waals surface area contributed by atoms with Crippen molar-refractivity contribution in [1.82, 2.24) is 9.97 Å². The Morgan fingerprint density at radius 1 is 0.295 bits per heavy atom. The van der Waals surface area contributed by atoms with E-state index in [9.17, 15) is 0 Å². The zero-order chi connectivity index (χ0) is 64.1. The molecule has 95 heavy (non-hydrogen) atoms. The first-order chi connectivity index (χ1) is 46.8. The fraction of sp³-hybridized carbons (Fsp3) is 0.114. The largest absolute Gasteiger partial charge is 0.497 e. The van der Waals surface area contributed by atoms with Crippen molar-refractivity contribution in [3.05, 3.63) is 323 Å². The van der Waals surface area contributed by atoms with Crippen molar-refractivity contribution >= 4 is 54.9 Å². The highest BCUT2D eigenvalue weighted by Crippen LogP contribution is 2.63. The third-order valence-corrected chi connectivity index (χ3v) is 21.7.